The molecule has 0 saturated carbocycles. The smallest absolute Gasteiger partial charge is 0.258 e. The van der Waals surface area contributed by atoms with E-state index in [1.165, 1.54) is 4.88 Å². The van der Waals surface area contributed by atoms with E-state index in [2.05, 4.69) is 16.5 Å². The molecule has 0 radical (unpaired) electrons. The monoisotopic (exact) mass is 456 g/mol. The number of thiophene rings is 1. The third-order valence-corrected chi connectivity index (χ3v) is 6.91. The molecule has 1 N–H and O–H groups in total. The van der Waals surface area contributed by atoms with E-state index in [1.807, 2.05) is 41.8 Å². The molecule has 2 amide bonds. The van der Waals surface area contributed by atoms with Gasteiger partial charge >= 0.3 is 0 Å². The Balaban J connectivity index is 1.34. The van der Waals surface area contributed by atoms with Crippen LogP contribution in [0.25, 0.3) is 5.69 Å². The SMILES string of the molecule is Cc1nn(-c2ccccc2)c(Cl)c1C(=O)N1CCC(C(=O)NCCc2cccs2)CC1. The molecule has 0 aliphatic carbocycles. The summed E-state index contributed by atoms with van der Waals surface area (Å²) in [7, 11) is 0. The molecule has 1 aromatic carbocycles. The number of carbonyl (C=O) groups excluding carboxylic acids is 2. The van der Waals surface area contributed by atoms with Crippen molar-refractivity contribution in [3.05, 3.63) is 69.1 Å². The lowest BCUT2D eigenvalue weighted by molar-refractivity contribution is -0.126. The Morgan fingerprint density at radius 2 is 1.90 bits per heavy atom. The maximum atomic E-state index is 13.2. The van der Waals surface area contributed by atoms with Crippen molar-refractivity contribution < 1.29 is 9.59 Å². The van der Waals surface area contributed by atoms with E-state index in [9.17, 15) is 9.59 Å². The summed E-state index contributed by atoms with van der Waals surface area (Å²) in [6, 6.07) is 13.6. The molecule has 3 aromatic rings. The summed E-state index contributed by atoms with van der Waals surface area (Å²) in [6.45, 7) is 3.51. The Labute approximate surface area is 190 Å². The molecule has 2 aromatic heterocycles. The summed E-state index contributed by atoms with van der Waals surface area (Å²) in [5, 5.41) is 9.87. The van der Waals surface area contributed by atoms with Gasteiger partial charge in [-0.3, -0.25) is 9.59 Å². The van der Waals surface area contributed by atoms with Gasteiger partial charge in [0.25, 0.3) is 5.91 Å². The molecule has 6 nitrogen and oxygen atoms in total. The van der Waals surface area contributed by atoms with Gasteiger partial charge in [-0.15, -0.1) is 11.3 Å². The molecule has 1 fully saturated rings. The number of likely N-dealkylation sites (tertiary alicyclic amines) is 1. The number of aromatic nitrogens is 2. The summed E-state index contributed by atoms with van der Waals surface area (Å²) in [5.41, 5.74) is 1.85. The van der Waals surface area contributed by atoms with Crippen molar-refractivity contribution >= 4 is 34.8 Å². The summed E-state index contributed by atoms with van der Waals surface area (Å²) < 4.78 is 1.60. The van der Waals surface area contributed by atoms with Crippen LogP contribution in [-0.2, 0) is 11.2 Å². The normalized spacial score (nSPS) is 14.6. The number of nitrogens with zero attached hydrogens (tertiary/aromatic N) is 3. The molecule has 0 spiro atoms. The highest BCUT2D eigenvalue weighted by Crippen LogP contribution is 2.27. The zero-order chi connectivity index (χ0) is 21.8. The van der Waals surface area contributed by atoms with Crippen molar-refractivity contribution in [3.63, 3.8) is 0 Å². The van der Waals surface area contributed by atoms with Gasteiger partial charge in [0.1, 0.15) is 5.15 Å². The first-order chi connectivity index (χ1) is 15.0. The number of halogens is 1. The Bertz CT molecular complexity index is 1040. The summed E-state index contributed by atoms with van der Waals surface area (Å²) >= 11 is 8.25. The third kappa shape index (κ3) is 4.83. The van der Waals surface area contributed by atoms with Crippen molar-refractivity contribution in [2.75, 3.05) is 19.6 Å². The van der Waals surface area contributed by atoms with Gasteiger partial charge in [-0.05, 0) is 49.8 Å². The predicted octanol–water partition coefficient (Wildman–Crippen LogP) is 4.11. The largest absolute Gasteiger partial charge is 0.355 e. The maximum Gasteiger partial charge on any atom is 0.258 e. The van der Waals surface area contributed by atoms with E-state index in [1.54, 1.807) is 27.8 Å². The molecule has 1 aliphatic heterocycles. The number of carbonyl (C=O) groups is 2. The van der Waals surface area contributed by atoms with Crippen LogP contribution >= 0.6 is 22.9 Å². The molecule has 0 atom stereocenters. The van der Waals surface area contributed by atoms with Crippen LogP contribution in [-0.4, -0.2) is 46.1 Å². The first-order valence-electron chi connectivity index (χ1n) is 10.4. The fourth-order valence-electron chi connectivity index (χ4n) is 3.89. The van der Waals surface area contributed by atoms with E-state index in [4.69, 9.17) is 11.6 Å². The van der Waals surface area contributed by atoms with Crippen LogP contribution in [0.2, 0.25) is 5.15 Å². The Kier molecular flexibility index (Phi) is 6.73. The predicted molar refractivity (Wildman–Crippen MR) is 123 cm³/mol. The molecular formula is C23H25ClN4O2S. The van der Waals surface area contributed by atoms with Crippen LogP contribution in [0.5, 0.6) is 0 Å². The third-order valence-electron chi connectivity index (χ3n) is 5.62. The fraction of sp³-hybridized carbons (Fsp3) is 0.348. The second-order valence-electron chi connectivity index (χ2n) is 7.69. The number of hydrogen-bond acceptors (Lipinski definition) is 4. The minimum absolute atomic E-state index is 0.0593. The second-order valence-corrected chi connectivity index (χ2v) is 9.08. The van der Waals surface area contributed by atoms with Crippen molar-refractivity contribution in [2.45, 2.75) is 26.2 Å². The summed E-state index contributed by atoms with van der Waals surface area (Å²) in [6.07, 6.45) is 2.16. The first kappa shape index (κ1) is 21.6. The van der Waals surface area contributed by atoms with Gasteiger partial charge in [0, 0.05) is 30.4 Å². The summed E-state index contributed by atoms with van der Waals surface area (Å²) in [5.74, 6) is -0.105. The average molecular weight is 457 g/mol. The number of aryl methyl sites for hydroxylation is 1. The number of amides is 2. The van der Waals surface area contributed by atoms with E-state index in [-0.39, 0.29) is 17.7 Å². The van der Waals surface area contributed by atoms with E-state index < -0.39 is 0 Å². The van der Waals surface area contributed by atoms with Crippen LogP contribution in [0.4, 0.5) is 0 Å². The van der Waals surface area contributed by atoms with Gasteiger partial charge in [-0.1, -0.05) is 35.9 Å². The minimum atomic E-state index is -0.124. The zero-order valence-electron chi connectivity index (χ0n) is 17.4. The fourth-order valence-corrected chi connectivity index (χ4v) is 4.96. The molecule has 1 aliphatic rings. The Morgan fingerprint density at radius 3 is 2.58 bits per heavy atom. The van der Waals surface area contributed by atoms with Crippen LogP contribution in [0, 0.1) is 12.8 Å². The van der Waals surface area contributed by atoms with E-state index in [0.29, 0.717) is 48.9 Å². The summed E-state index contributed by atoms with van der Waals surface area (Å²) in [4.78, 5) is 28.7. The molecular weight excluding hydrogens is 432 g/mol. The van der Waals surface area contributed by atoms with E-state index in [0.717, 1.165) is 12.1 Å². The topological polar surface area (TPSA) is 67.2 Å². The van der Waals surface area contributed by atoms with Gasteiger partial charge in [-0.25, -0.2) is 4.68 Å². The minimum Gasteiger partial charge on any atom is -0.355 e. The van der Waals surface area contributed by atoms with Crippen molar-refractivity contribution in [3.8, 4) is 5.69 Å². The van der Waals surface area contributed by atoms with Crippen LogP contribution in [0.1, 0.15) is 33.8 Å². The van der Waals surface area contributed by atoms with Crippen molar-refractivity contribution in [1.82, 2.24) is 20.0 Å². The number of para-hydroxylation sites is 1. The zero-order valence-corrected chi connectivity index (χ0v) is 19.0. The maximum absolute atomic E-state index is 13.2. The number of nitrogens with one attached hydrogen (secondary N) is 1. The van der Waals surface area contributed by atoms with E-state index >= 15 is 0 Å². The highest BCUT2D eigenvalue weighted by atomic mass is 35.5. The standard InChI is InChI=1S/C23H25ClN4O2S/c1-16-20(21(24)28(26-16)18-6-3-2-4-7-18)23(30)27-13-10-17(11-14-27)22(29)25-12-9-19-8-5-15-31-19/h2-8,15,17H,9-14H2,1H3,(H,25,29). The lowest BCUT2D eigenvalue weighted by atomic mass is 9.95. The first-order valence-corrected chi connectivity index (χ1v) is 11.7. The number of hydrogen-bond donors (Lipinski definition) is 1. The van der Waals surface area contributed by atoms with Crippen LogP contribution in [0.3, 0.4) is 0 Å². The lowest BCUT2D eigenvalue weighted by Crippen LogP contribution is -2.43. The van der Waals surface area contributed by atoms with Gasteiger partial charge in [0.05, 0.1) is 16.9 Å². The highest BCUT2D eigenvalue weighted by Gasteiger charge is 2.31. The Morgan fingerprint density at radius 1 is 1.16 bits per heavy atom. The number of piperidine rings is 1. The highest BCUT2D eigenvalue weighted by molar-refractivity contribution is 7.09. The molecule has 3 heterocycles. The average Bonchev–Trinajstić information content (AvgIpc) is 3.41. The van der Waals surface area contributed by atoms with Gasteiger partial charge < -0.3 is 10.2 Å². The Hall–Kier alpha value is -2.64. The van der Waals surface area contributed by atoms with Crippen molar-refractivity contribution in [2.24, 2.45) is 5.92 Å². The van der Waals surface area contributed by atoms with Gasteiger partial charge in [-0.2, -0.15) is 5.10 Å². The van der Waals surface area contributed by atoms with Crippen LogP contribution in [0.15, 0.2) is 47.8 Å². The van der Waals surface area contributed by atoms with Gasteiger partial charge in [0.15, 0.2) is 0 Å². The van der Waals surface area contributed by atoms with Gasteiger partial charge in [0.2, 0.25) is 5.91 Å². The number of benzene rings is 1. The quantitative estimate of drug-likeness (QED) is 0.607. The molecule has 0 bridgehead atoms. The molecule has 4 rings (SSSR count). The molecule has 31 heavy (non-hydrogen) atoms. The molecule has 0 unspecified atom stereocenters. The van der Waals surface area contributed by atoms with Crippen molar-refractivity contribution in [1.29, 1.82) is 0 Å². The molecule has 1 saturated heterocycles. The number of rotatable bonds is 6. The molecule has 162 valence electrons. The second kappa shape index (κ2) is 9.66. The molecule has 8 heteroatoms. The van der Waals surface area contributed by atoms with Crippen LogP contribution < -0.4 is 5.32 Å². The lowest BCUT2D eigenvalue weighted by Gasteiger charge is -2.31.